The van der Waals surface area contributed by atoms with Crippen molar-refractivity contribution in [3.63, 3.8) is 0 Å². The molecule has 0 fully saturated rings. The molecule has 0 rings (SSSR count). The molecule has 1 unspecified atom stereocenters. The Morgan fingerprint density at radius 1 is 1.40 bits per heavy atom. The van der Waals surface area contributed by atoms with Crippen LogP contribution in [0, 0.1) is 0 Å². The molecule has 0 aliphatic heterocycles. The second-order valence-electron chi connectivity index (χ2n) is 1.81. The van der Waals surface area contributed by atoms with E-state index in [2.05, 4.69) is 6.92 Å². The van der Waals surface area contributed by atoms with Gasteiger partial charge in [-0.05, 0) is 13.3 Å². The van der Waals surface area contributed by atoms with Crippen LogP contribution in [-0.4, -0.2) is 24.4 Å². The molecule has 0 amide bonds. The van der Waals surface area contributed by atoms with Crippen LogP contribution >= 0.6 is 0 Å². The van der Waals surface area contributed by atoms with E-state index in [1.54, 1.807) is 0 Å². The molecule has 0 aliphatic rings. The number of aliphatic hydroxyl groups is 1. The van der Waals surface area contributed by atoms with E-state index >= 15 is 0 Å². The maximum atomic E-state index is 8.29. The zero-order chi connectivity index (χ0) is 6.41. The van der Waals surface area contributed by atoms with Crippen molar-refractivity contribution in [3.05, 3.63) is 0 Å². The standard InChI is InChI=1S/C6H14O2.2CH4/c1-3-6(2)8-5-4-7;;/h6-7H,3-5H2,1-2H3;2*1H4. The smallest absolute Gasteiger partial charge is 0.0701 e. The molecular weight excluding hydrogens is 128 g/mol. The molecule has 0 aromatic rings. The van der Waals surface area contributed by atoms with Crippen LogP contribution in [0.5, 0.6) is 0 Å². The molecule has 2 heteroatoms. The van der Waals surface area contributed by atoms with Gasteiger partial charge in [-0.3, -0.25) is 0 Å². The molecule has 0 saturated heterocycles. The Morgan fingerprint density at radius 2 is 1.90 bits per heavy atom. The summed E-state index contributed by atoms with van der Waals surface area (Å²) in [6, 6.07) is 0. The van der Waals surface area contributed by atoms with Crippen molar-refractivity contribution in [3.8, 4) is 0 Å². The van der Waals surface area contributed by atoms with Gasteiger partial charge in [-0.15, -0.1) is 0 Å². The van der Waals surface area contributed by atoms with Crippen LogP contribution in [0.25, 0.3) is 0 Å². The summed E-state index contributed by atoms with van der Waals surface area (Å²) in [6.07, 6.45) is 1.31. The zero-order valence-corrected chi connectivity index (χ0v) is 5.55. The van der Waals surface area contributed by atoms with Gasteiger partial charge in [-0.2, -0.15) is 0 Å². The summed E-state index contributed by atoms with van der Waals surface area (Å²) in [4.78, 5) is 0. The minimum Gasteiger partial charge on any atom is -0.394 e. The highest BCUT2D eigenvalue weighted by atomic mass is 16.5. The van der Waals surface area contributed by atoms with Gasteiger partial charge in [-0.25, -0.2) is 0 Å². The molecule has 0 saturated carbocycles. The van der Waals surface area contributed by atoms with Crippen LogP contribution in [0.15, 0.2) is 0 Å². The topological polar surface area (TPSA) is 29.5 Å². The lowest BCUT2D eigenvalue weighted by Gasteiger charge is -2.07. The SMILES string of the molecule is C.C.CCC(C)OCCO. The van der Waals surface area contributed by atoms with Crippen molar-refractivity contribution < 1.29 is 9.84 Å². The fourth-order valence-electron chi connectivity index (χ4n) is 0.372. The predicted octanol–water partition coefficient (Wildman–Crippen LogP) is 2.07. The highest BCUT2D eigenvalue weighted by Crippen LogP contribution is 1.93. The van der Waals surface area contributed by atoms with Gasteiger partial charge >= 0.3 is 0 Å². The van der Waals surface area contributed by atoms with Gasteiger partial charge in [0.15, 0.2) is 0 Å². The molecule has 0 aromatic carbocycles. The first-order valence-electron chi connectivity index (χ1n) is 3.03. The maximum Gasteiger partial charge on any atom is 0.0701 e. The van der Waals surface area contributed by atoms with Gasteiger partial charge in [-0.1, -0.05) is 21.8 Å². The molecular formula is C8H22O2. The van der Waals surface area contributed by atoms with Crippen LogP contribution in [-0.2, 0) is 4.74 Å². The number of ether oxygens (including phenoxy) is 1. The van der Waals surface area contributed by atoms with E-state index in [0.29, 0.717) is 12.7 Å². The quantitative estimate of drug-likeness (QED) is 0.664. The molecule has 0 aromatic heterocycles. The molecule has 2 nitrogen and oxygen atoms in total. The average molecular weight is 150 g/mol. The van der Waals surface area contributed by atoms with E-state index < -0.39 is 0 Å². The second kappa shape index (κ2) is 11.7. The van der Waals surface area contributed by atoms with Crippen LogP contribution < -0.4 is 0 Å². The third kappa shape index (κ3) is 10.8. The Morgan fingerprint density at radius 3 is 2.20 bits per heavy atom. The fraction of sp³-hybridized carbons (Fsp3) is 1.00. The van der Waals surface area contributed by atoms with Crippen molar-refractivity contribution in [2.24, 2.45) is 0 Å². The van der Waals surface area contributed by atoms with Gasteiger partial charge in [0.1, 0.15) is 0 Å². The summed E-state index contributed by atoms with van der Waals surface area (Å²) in [6.45, 7) is 4.65. The third-order valence-corrected chi connectivity index (χ3v) is 1.07. The summed E-state index contributed by atoms with van der Waals surface area (Å²) in [7, 11) is 0. The van der Waals surface area contributed by atoms with Crippen molar-refractivity contribution >= 4 is 0 Å². The molecule has 0 bridgehead atoms. The van der Waals surface area contributed by atoms with Gasteiger partial charge in [0.25, 0.3) is 0 Å². The van der Waals surface area contributed by atoms with Crippen molar-refractivity contribution in [1.29, 1.82) is 0 Å². The minimum atomic E-state index is 0. The second-order valence-corrected chi connectivity index (χ2v) is 1.81. The zero-order valence-electron chi connectivity index (χ0n) is 5.55. The molecule has 0 radical (unpaired) electrons. The Hall–Kier alpha value is -0.0800. The van der Waals surface area contributed by atoms with Gasteiger partial charge < -0.3 is 9.84 Å². The van der Waals surface area contributed by atoms with E-state index in [4.69, 9.17) is 9.84 Å². The van der Waals surface area contributed by atoms with Gasteiger partial charge in [0.05, 0.1) is 19.3 Å². The van der Waals surface area contributed by atoms with Gasteiger partial charge in [0.2, 0.25) is 0 Å². The van der Waals surface area contributed by atoms with E-state index in [1.807, 2.05) is 6.92 Å². The molecule has 0 spiro atoms. The minimum absolute atomic E-state index is 0. The maximum absolute atomic E-state index is 8.29. The van der Waals surface area contributed by atoms with E-state index in [0.717, 1.165) is 6.42 Å². The first kappa shape index (κ1) is 16.5. The lowest BCUT2D eigenvalue weighted by molar-refractivity contribution is 0.0374. The Balaban J connectivity index is -0.000000245. The molecule has 0 aliphatic carbocycles. The average Bonchev–Trinajstić information content (AvgIpc) is 1.83. The van der Waals surface area contributed by atoms with Crippen LogP contribution in [0.2, 0.25) is 0 Å². The van der Waals surface area contributed by atoms with E-state index in [1.165, 1.54) is 0 Å². The monoisotopic (exact) mass is 150 g/mol. The Labute approximate surface area is 65.2 Å². The number of hydrogen-bond acceptors (Lipinski definition) is 2. The van der Waals surface area contributed by atoms with Crippen LogP contribution in [0.4, 0.5) is 0 Å². The predicted molar refractivity (Wildman–Crippen MR) is 46.3 cm³/mol. The summed E-state index contributed by atoms with van der Waals surface area (Å²) in [5.74, 6) is 0. The van der Waals surface area contributed by atoms with Crippen molar-refractivity contribution in [2.45, 2.75) is 41.2 Å². The normalized spacial score (nSPS) is 11.1. The lowest BCUT2D eigenvalue weighted by Crippen LogP contribution is -2.09. The first-order valence-corrected chi connectivity index (χ1v) is 3.03. The van der Waals surface area contributed by atoms with E-state index in [9.17, 15) is 0 Å². The summed E-state index contributed by atoms with van der Waals surface area (Å²) < 4.78 is 5.09. The number of hydrogen-bond donors (Lipinski definition) is 1. The largest absolute Gasteiger partial charge is 0.394 e. The number of rotatable bonds is 4. The fourth-order valence-corrected chi connectivity index (χ4v) is 0.372. The molecule has 66 valence electrons. The lowest BCUT2D eigenvalue weighted by atomic mass is 10.3. The Bertz CT molecular complexity index is 46.5. The summed E-state index contributed by atoms with van der Waals surface area (Å²) in [5, 5.41) is 8.29. The molecule has 1 atom stereocenters. The van der Waals surface area contributed by atoms with E-state index in [-0.39, 0.29) is 21.5 Å². The summed E-state index contributed by atoms with van der Waals surface area (Å²) in [5.41, 5.74) is 0. The number of aliphatic hydroxyl groups excluding tert-OH is 1. The molecule has 1 N–H and O–H groups in total. The highest BCUT2D eigenvalue weighted by Gasteiger charge is 1.94. The first-order chi connectivity index (χ1) is 3.81. The van der Waals surface area contributed by atoms with Crippen molar-refractivity contribution in [2.75, 3.05) is 13.2 Å². The Kier molecular flexibility index (Phi) is 19.3. The van der Waals surface area contributed by atoms with Gasteiger partial charge in [0, 0.05) is 0 Å². The molecule has 10 heavy (non-hydrogen) atoms. The highest BCUT2D eigenvalue weighted by molar-refractivity contribution is 4.42. The van der Waals surface area contributed by atoms with Crippen LogP contribution in [0.1, 0.15) is 35.1 Å². The molecule has 0 heterocycles. The van der Waals surface area contributed by atoms with Crippen molar-refractivity contribution in [1.82, 2.24) is 0 Å². The third-order valence-electron chi connectivity index (χ3n) is 1.07. The van der Waals surface area contributed by atoms with Crippen LogP contribution in [0.3, 0.4) is 0 Å². The summed E-state index contributed by atoms with van der Waals surface area (Å²) >= 11 is 0.